The maximum absolute atomic E-state index is 13.2. The molecule has 2 aromatic heterocycles. The number of amides is 1. The third-order valence-corrected chi connectivity index (χ3v) is 5.35. The number of aryl methyl sites for hydroxylation is 1. The van der Waals surface area contributed by atoms with Crippen LogP contribution in [0.4, 0.5) is 0 Å². The molecule has 8 heteroatoms. The summed E-state index contributed by atoms with van der Waals surface area (Å²) in [4.78, 5) is 23.9. The number of rotatable bonds is 6. The molecule has 156 valence electrons. The smallest absolute Gasteiger partial charge is 0.254 e. The molecule has 0 N–H and O–H groups in total. The summed E-state index contributed by atoms with van der Waals surface area (Å²) in [5.74, 6) is 1.21. The second kappa shape index (κ2) is 8.52. The number of aromatic nitrogens is 4. The van der Waals surface area contributed by atoms with Gasteiger partial charge in [-0.2, -0.15) is 5.10 Å². The summed E-state index contributed by atoms with van der Waals surface area (Å²) in [6.07, 6.45) is 6.89. The Bertz CT molecular complexity index is 1080. The highest BCUT2D eigenvalue weighted by atomic mass is 16.5. The Morgan fingerprint density at radius 2 is 2.13 bits per heavy atom. The lowest BCUT2D eigenvalue weighted by molar-refractivity contribution is 0.0705. The van der Waals surface area contributed by atoms with Gasteiger partial charge in [-0.1, -0.05) is 12.7 Å². The van der Waals surface area contributed by atoms with Gasteiger partial charge in [0.05, 0.1) is 12.8 Å². The first kappa shape index (κ1) is 19.9. The third kappa shape index (κ3) is 3.72. The van der Waals surface area contributed by atoms with Crippen LogP contribution in [-0.2, 0) is 7.05 Å². The van der Waals surface area contributed by atoms with E-state index in [-0.39, 0.29) is 11.8 Å². The van der Waals surface area contributed by atoms with Crippen LogP contribution < -0.4 is 9.47 Å². The first-order valence-electron chi connectivity index (χ1n) is 9.97. The number of nitrogens with zero attached hydrogens (tertiary/aromatic N) is 5. The van der Waals surface area contributed by atoms with Gasteiger partial charge in [-0.3, -0.25) is 4.79 Å². The predicted octanol–water partition coefficient (Wildman–Crippen LogP) is 2.96. The minimum atomic E-state index is -0.0282. The monoisotopic (exact) mass is 407 g/mol. The Kier molecular flexibility index (Phi) is 5.65. The number of likely N-dealkylation sites (tertiary alicyclic amines) is 1. The van der Waals surface area contributed by atoms with Crippen molar-refractivity contribution >= 4 is 17.1 Å². The molecule has 3 aromatic rings. The molecule has 0 spiro atoms. The van der Waals surface area contributed by atoms with Gasteiger partial charge in [-0.05, 0) is 31.0 Å². The Hall–Kier alpha value is -3.42. The molecule has 1 aliphatic heterocycles. The SMILES string of the molecule is C=CCOc1ccc(C(=O)N2CCC[C@H](c3nn(C)c4nccnc34)C2)cc1OC. The maximum atomic E-state index is 13.2. The van der Waals surface area contributed by atoms with Crippen molar-refractivity contribution in [3.8, 4) is 11.5 Å². The average Bonchev–Trinajstić information content (AvgIpc) is 3.14. The van der Waals surface area contributed by atoms with Gasteiger partial charge in [0.25, 0.3) is 5.91 Å². The first-order chi connectivity index (χ1) is 14.6. The molecule has 1 atom stereocenters. The highest BCUT2D eigenvalue weighted by Gasteiger charge is 2.29. The summed E-state index contributed by atoms with van der Waals surface area (Å²) < 4.78 is 12.7. The van der Waals surface area contributed by atoms with Crippen LogP contribution in [0, 0.1) is 0 Å². The minimum Gasteiger partial charge on any atom is -0.493 e. The van der Waals surface area contributed by atoms with Gasteiger partial charge in [0, 0.05) is 44.0 Å². The number of hydrogen-bond donors (Lipinski definition) is 0. The Morgan fingerprint density at radius 3 is 2.93 bits per heavy atom. The van der Waals surface area contributed by atoms with Crippen molar-refractivity contribution in [2.24, 2.45) is 7.05 Å². The van der Waals surface area contributed by atoms with E-state index >= 15 is 0 Å². The van der Waals surface area contributed by atoms with Crippen molar-refractivity contribution in [3.63, 3.8) is 0 Å². The molecule has 1 aliphatic rings. The highest BCUT2D eigenvalue weighted by Crippen LogP contribution is 2.32. The molecule has 1 amide bonds. The van der Waals surface area contributed by atoms with E-state index < -0.39 is 0 Å². The zero-order chi connectivity index (χ0) is 21.1. The molecular weight excluding hydrogens is 382 g/mol. The van der Waals surface area contributed by atoms with Gasteiger partial charge >= 0.3 is 0 Å². The molecule has 0 saturated carbocycles. The molecule has 1 saturated heterocycles. The number of hydrogen-bond acceptors (Lipinski definition) is 6. The molecule has 30 heavy (non-hydrogen) atoms. The van der Waals surface area contributed by atoms with Gasteiger partial charge in [0.1, 0.15) is 12.1 Å². The summed E-state index contributed by atoms with van der Waals surface area (Å²) in [7, 11) is 3.43. The van der Waals surface area contributed by atoms with Crippen LogP contribution in [0.15, 0.2) is 43.2 Å². The van der Waals surface area contributed by atoms with E-state index in [9.17, 15) is 4.79 Å². The van der Waals surface area contributed by atoms with Crippen LogP contribution in [0.3, 0.4) is 0 Å². The van der Waals surface area contributed by atoms with Crippen molar-refractivity contribution in [1.82, 2.24) is 24.6 Å². The molecule has 4 rings (SSSR count). The Balaban J connectivity index is 1.56. The molecule has 0 bridgehead atoms. The number of methoxy groups -OCH3 is 1. The topological polar surface area (TPSA) is 82.4 Å². The van der Waals surface area contributed by atoms with Gasteiger partial charge < -0.3 is 14.4 Å². The summed E-state index contributed by atoms with van der Waals surface area (Å²) >= 11 is 0. The fourth-order valence-electron chi connectivity index (χ4n) is 3.92. The van der Waals surface area contributed by atoms with E-state index in [0.717, 1.165) is 29.7 Å². The fourth-order valence-corrected chi connectivity index (χ4v) is 3.92. The largest absolute Gasteiger partial charge is 0.493 e. The second-order valence-electron chi connectivity index (χ2n) is 7.29. The van der Waals surface area contributed by atoms with E-state index in [1.54, 1.807) is 48.5 Å². The number of carbonyl (C=O) groups is 1. The Labute approximate surface area is 175 Å². The molecule has 0 aliphatic carbocycles. The number of carbonyl (C=O) groups excluding carboxylic acids is 1. The number of piperidine rings is 1. The lowest BCUT2D eigenvalue weighted by atomic mass is 9.93. The van der Waals surface area contributed by atoms with Crippen LogP contribution in [0.2, 0.25) is 0 Å². The summed E-state index contributed by atoms with van der Waals surface area (Å²) in [6.45, 7) is 5.33. The third-order valence-electron chi connectivity index (χ3n) is 5.35. The van der Waals surface area contributed by atoms with E-state index in [1.165, 1.54) is 0 Å². The molecule has 0 unspecified atom stereocenters. The van der Waals surface area contributed by atoms with Crippen LogP contribution in [0.5, 0.6) is 11.5 Å². The van der Waals surface area contributed by atoms with Gasteiger partial charge in [-0.15, -0.1) is 0 Å². The second-order valence-corrected chi connectivity index (χ2v) is 7.29. The quantitative estimate of drug-likeness (QED) is 0.585. The van der Waals surface area contributed by atoms with E-state index in [0.29, 0.717) is 36.8 Å². The molecule has 3 heterocycles. The Morgan fingerprint density at radius 1 is 1.30 bits per heavy atom. The molecule has 1 fully saturated rings. The number of benzene rings is 1. The van der Waals surface area contributed by atoms with E-state index in [4.69, 9.17) is 9.47 Å². The first-order valence-corrected chi connectivity index (χ1v) is 9.97. The normalized spacial score (nSPS) is 16.5. The van der Waals surface area contributed by atoms with E-state index in [2.05, 4.69) is 21.6 Å². The molecular formula is C22H25N5O3. The summed E-state index contributed by atoms with van der Waals surface area (Å²) in [5, 5.41) is 4.66. The zero-order valence-corrected chi connectivity index (χ0v) is 17.2. The summed E-state index contributed by atoms with van der Waals surface area (Å²) in [6, 6.07) is 5.26. The maximum Gasteiger partial charge on any atom is 0.254 e. The standard InChI is InChI=1S/C22H25N5O3/c1-4-12-30-17-8-7-15(13-18(17)29-3)22(28)27-11-5-6-16(14-27)19-20-21(26(2)25-19)24-10-9-23-20/h4,7-10,13,16H,1,5-6,11-12,14H2,2-3H3/t16-/m0/s1. The van der Waals surface area contributed by atoms with Crippen molar-refractivity contribution in [1.29, 1.82) is 0 Å². The highest BCUT2D eigenvalue weighted by molar-refractivity contribution is 5.95. The molecule has 1 aromatic carbocycles. The molecule has 8 nitrogen and oxygen atoms in total. The van der Waals surface area contributed by atoms with Crippen LogP contribution in [0.1, 0.15) is 34.8 Å². The van der Waals surface area contributed by atoms with Gasteiger partial charge in [0.2, 0.25) is 0 Å². The average molecular weight is 407 g/mol. The predicted molar refractivity (Wildman–Crippen MR) is 113 cm³/mol. The molecule has 0 radical (unpaired) electrons. The number of ether oxygens (including phenoxy) is 2. The van der Waals surface area contributed by atoms with Gasteiger partial charge in [-0.25, -0.2) is 14.6 Å². The minimum absolute atomic E-state index is 0.0282. The number of fused-ring (bicyclic) bond motifs is 1. The van der Waals surface area contributed by atoms with E-state index in [1.807, 2.05) is 11.9 Å². The lowest BCUT2D eigenvalue weighted by Gasteiger charge is -2.32. The van der Waals surface area contributed by atoms with Gasteiger partial charge in [0.15, 0.2) is 17.1 Å². The van der Waals surface area contributed by atoms with Crippen molar-refractivity contribution in [2.75, 3.05) is 26.8 Å². The van der Waals surface area contributed by atoms with Crippen LogP contribution in [-0.4, -0.2) is 57.4 Å². The van der Waals surface area contributed by atoms with Crippen LogP contribution in [0.25, 0.3) is 11.2 Å². The zero-order valence-electron chi connectivity index (χ0n) is 17.2. The van der Waals surface area contributed by atoms with Crippen molar-refractivity contribution < 1.29 is 14.3 Å². The fraction of sp³-hybridized carbons (Fsp3) is 0.364. The van der Waals surface area contributed by atoms with Crippen molar-refractivity contribution in [3.05, 3.63) is 54.5 Å². The van der Waals surface area contributed by atoms with Crippen molar-refractivity contribution in [2.45, 2.75) is 18.8 Å². The summed E-state index contributed by atoms with van der Waals surface area (Å²) in [5.41, 5.74) is 3.05. The van der Waals surface area contributed by atoms with Crippen LogP contribution >= 0.6 is 0 Å². The lowest BCUT2D eigenvalue weighted by Crippen LogP contribution is -2.39.